The van der Waals surface area contributed by atoms with Gasteiger partial charge >= 0.3 is 0 Å². The second-order valence-electron chi connectivity index (χ2n) is 4.93. The standard InChI is InChI=1S/C12H19N3OS/c1-12(2,13-3)10(16)15-11-14-8-6-4-5-7-9(8)17-11/h13H,4-7H2,1-3H3,(H,14,15,16). The maximum atomic E-state index is 12.0. The maximum absolute atomic E-state index is 12.0. The van der Waals surface area contributed by atoms with E-state index in [4.69, 9.17) is 0 Å². The van der Waals surface area contributed by atoms with Crippen LogP contribution < -0.4 is 10.6 Å². The molecule has 1 amide bonds. The van der Waals surface area contributed by atoms with Crippen molar-refractivity contribution in [1.82, 2.24) is 10.3 Å². The predicted octanol–water partition coefficient (Wildman–Crippen LogP) is 1.96. The molecule has 0 bridgehead atoms. The number of hydrogen-bond acceptors (Lipinski definition) is 4. The molecule has 0 saturated heterocycles. The van der Waals surface area contributed by atoms with Crippen molar-refractivity contribution in [2.45, 2.75) is 45.1 Å². The number of thiazole rings is 1. The third kappa shape index (κ3) is 2.66. The summed E-state index contributed by atoms with van der Waals surface area (Å²) >= 11 is 1.62. The van der Waals surface area contributed by atoms with E-state index in [0.717, 1.165) is 18.0 Å². The lowest BCUT2D eigenvalue weighted by atomic mass is 10.0. The van der Waals surface area contributed by atoms with E-state index in [1.54, 1.807) is 18.4 Å². The summed E-state index contributed by atoms with van der Waals surface area (Å²) in [7, 11) is 1.78. The average Bonchev–Trinajstić information content (AvgIpc) is 2.70. The van der Waals surface area contributed by atoms with Crippen LogP contribution in [0.1, 0.15) is 37.3 Å². The number of nitrogens with zero attached hydrogens (tertiary/aromatic N) is 1. The molecule has 0 saturated carbocycles. The number of likely N-dealkylation sites (N-methyl/N-ethyl adjacent to an activating group) is 1. The highest BCUT2D eigenvalue weighted by atomic mass is 32.1. The Bertz CT molecular complexity index is 402. The minimum Gasteiger partial charge on any atom is -0.307 e. The van der Waals surface area contributed by atoms with Gasteiger partial charge in [0, 0.05) is 4.88 Å². The Morgan fingerprint density at radius 2 is 2.06 bits per heavy atom. The van der Waals surface area contributed by atoms with Crippen LogP contribution in [-0.2, 0) is 17.6 Å². The van der Waals surface area contributed by atoms with Gasteiger partial charge in [0.05, 0.1) is 11.2 Å². The molecule has 2 rings (SSSR count). The molecule has 17 heavy (non-hydrogen) atoms. The topological polar surface area (TPSA) is 54.0 Å². The van der Waals surface area contributed by atoms with Crippen molar-refractivity contribution in [3.63, 3.8) is 0 Å². The lowest BCUT2D eigenvalue weighted by molar-refractivity contribution is -0.121. The van der Waals surface area contributed by atoms with Gasteiger partial charge in [-0.15, -0.1) is 11.3 Å². The first kappa shape index (κ1) is 12.5. The van der Waals surface area contributed by atoms with Gasteiger partial charge in [-0.2, -0.15) is 0 Å². The van der Waals surface area contributed by atoms with Gasteiger partial charge in [-0.25, -0.2) is 4.98 Å². The molecule has 1 aromatic heterocycles. The lowest BCUT2D eigenvalue weighted by Crippen LogP contribution is -2.47. The van der Waals surface area contributed by atoms with E-state index in [1.807, 2.05) is 13.8 Å². The minimum atomic E-state index is -0.563. The highest BCUT2D eigenvalue weighted by molar-refractivity contribution is 7.15. The van der Waals surface area contributed by atoms with Gasteiger partial charge < -0.3 is 10.6 Å². The minimum absolute atomic E-state index is 0.0360. The highest BCUT2D eigenvalue weighted by Crippen LogP contribution is 2.29. The summed E-state index contributed by atoms with van der Waals surface area (Å²) in [5.74, 6) is -0.0360. The molecular weight excluding hydrogens is 234 g/mol. The zero-order valence-corrected chi connectivity index (χ0v) is 11.4. The molecule has 1 aliphatic rings. The molecule has 0 unspecified atom stereocenters. The van der Waals surface area contributed by atoms with Crippen LogP contribution in [-0.4, -0.2) is 23.5 Å². The largest absolute Gasteiger partial charge is 0.307 e. The fourth-order valence-corrected chi connectivity index (χ4v) is 2.82. The Hall–Kier alpha value is -0.940. The number of rotatable bonds is 3. The van der Waals surface area contributed by atoms with Crippen LogP contribution >= 0.6 is 11.3 Å². The Morgan fingerprint density at radius 1 is 1.35 bits per heavy atom. The molecule has 1 aromatic rings. The molecule has 0 aliphatic heterocycles. The number of fused-ring (bicyclic) bond motifs is 1. The van der Waals surface area contributed by atoms with Crippen LogP contribution in [0.25, 0.3) is 0 Å². The fourth-order valence-electron chi connectivity index (χ4n) is 1.77. The summed E-state index contributed by atoms with van der Waals surface area (Å²) < 4.78 is 0. The van der Waals surface area contributed by atoms with Gasteiger partial charge in [-0.1, -0.05) is 0 Å². The first-order chi connectivity index (χ1) is 8.03. The number of amides is 1. The first-order valence-corrected chi connectivity index (χ1v) is 6.83. The Kier molecular flexibility index (Phi) is 3.49. The van der Waals surface area contributed by atoms with Crippen LogP contribution in [0.2, 0.25) is 0 Å². The van der Waals surface area contributed by atoms with E-state index in [-0.39, 0.29) is 5.91 Å². The van der Waals surface area contributed by atoms with Crippen LogP contribution in [0.4, 0.5) is 5.13 Å². The maximum Gasteiger partial charge on any atom is 0.245 e. The van der Waals surface area contributed by atoms with Crippen LogP contribution in [0.3, 0.4) is 0 Å². The summed E-state index contributed by atoms with van der Waals surface area (Å²) in [6.07, 6.45) is 4.62. The van der Waals surface area contributed by atoms with Crippen molar-refractivity contribution in [3.05, 3.63) is 10.6 Å². The van der Waals surface area contributed by atoms with Crippen molar-refractivity contribution in [1.29, 1.82) is 0 Å². The molecule has 0 fully saturated rings. The van der Waals surface area contributed by atoms with Gasteiger partial charge in [-0.3, -0.25) is 4.79 Å². The average molecular weight is 253 g/mol. The van der Waals surface area contributed by atoms with Crippen LogP contribution in [0.5, 0.6) is 0 Å². The molecular formula is C12H19N3OS. The Morgan fingerprint density at radius 3 is 2.71 bits per heavy atom. The van der Waals surface area contributed by atoms with Crippen molar-refractivity contribution >= 4 is 22.4 Å². The van der Waals surface area contributed by atoms with E-state index < -0.39 is 5.54 Å². The molecule has 1 aliphatic carbocycles. The normalized spacial score (nSPS) is 15.5. The quantitative estimate of drug-likeness (QED) is 0.866. The molecule has 0 spiro atoms. The summed E-state index contributed by atoms with van der Waals surface area (Å²) in [5, 5.41) is 6.63. The summed E-state index contributed by atoms with van der Waals surface area (Å²) in [5.41, 5.74) is 0.616. The number of carbonyl (C=O) groups is 1. The van der Waals surface area contributed by atoms with Gasteiger partial charge in [-0.05, 0) is 46.6 Å². The van der Waals surface area contributed by atoms with E-state index in [1.165, 1.54) is 23.4 Å². The number of hydrogen-bond donors (Lipinski definition) is 2. The second-order valence-corrected chi connectivity index (χ2v) is 6.01. The monoisotopic (exact) mass is 253 g/mol. The highest BCUT2D eigenvalue weighted by Gasteiger charge is 2.26. The number of carbonyl (C=O) groups excluding carboxylic acids is 1. The van der Waals surface area contributed by atoms with Gasteiger partial charge in [0.15, 0.2) is 5.13 Å². The second kappa shape index (κ2) is 4.74. The van der Waals surface area contributed by atoms with Crippen molar-refractivity contribution in [2.24, 2.45) is 0 Å². The third-order valence-corrected chi connectivity index (χ3v) is 4.33. The molecule has 0 atom stereocenters. The van der Waals surface area contributed by atoms with Crippen molar-refractivity contribution < 1.29 is 4.79 Å². The predicted molar refractivity (Wildman–Crippen MR) is 70.5 cm³/mol. The third-order valence-electron chi connectivity index (χ3n) is 3.26. The fraction of sp³-hybridized carbons (Fsp3) is 0.667. The SMILES string of the molecule is CNC(C)(C)C(=O)Nc1nc2c(s1)CCCC2. The summed E-state index contributed by atoms with van der Waals surface area (Å²) in [4.78, 5) is 17.8. The number of aryl methyl sites for hydroxylation is 2. The van der Waals surface area contributed by atoms with Crippen molar-refractivity contribution in [3.8, 4) is 0 Å². The van der Waals surface area contributed by atoms with Gasteiger partial charge in [0.25, 0.3) is 0 Å². The summed E-state index contributed by atoms with van der Waals surface area (Å²) in [6.45, 7) is 3.71. The van der Waals surface area contributed by atoms with E-state index in [2.05, 4.69) is 15.6 Å². The molecule has 2 N–H and O–H groups in total. The molecule has 5 heteroatoms. The molecule has 0 radical (unpaired) electrons. The molecule has 94 valence electrons. The van der Waals surface area contributed by atoms with Gasteiger partial charge in [0.1, 0.15) is 0 Å². The number of anilines is 1. The number of nitrogens with one attached hydrogen (secondary N) is 2. The first-order valence-electron chi connectivity index (χ1n) is 6.02. The van der Waals surface area contributed by atoms with Gasteiger partial charge in [0.2, 0.25) is 5.91 Å². The van der Waals surface area contributed by atoms with E-state index in [0.29, 0.717) is 0 Å². The zero-order valence-electron chi connectivity index (χ0n) is 10.6. The number of aromatic nitrogens is 1. The lowest BCUT2D eigenvalue weighted by Gasteiger charge is -2.21. The van der Waals surface area contributed by atoms with Crippen LogP contribution in [0.15, 0.2) is 0 Å². The molecule has 1 heterocycles. The van der Waals surface area contributed by atoms with Crippen molar-refractivity contribution in [2.75, 3.05) is 12.4 Å². The zero-order chi connectivity index (χ0) is 12.5. The van der Waals surface area contributed by atoms with E-state index in [9.17, 15) is 4.79 Å². The Labute approximate surface area is 106 Å². The molecule has 4 nitrogen and oxygen atoms in total. The smallest absolute Gasteiger partial charge is 0.245 e. The molecule has 0 aromatic carbocycles. The van der Waals surface area contributed by atoms with Crippen LogP contribution in [0, 0.1) is 0 Å². The summed E-state index contributed by atoms with van der Waals surface area (Å²) in [6, 6.07) is 0. The Balaban J connectivity index is 2.09. The van der Waals surface area contributed by atoms with E-state index >= 15 is 0 Å².